The van der Waals surface area contributed by atoms with Crippen LogP contribution in [0.1, 0.15) is 25.0 Å². The number of nitrogens with one attached hydrogen (secondary N) is 1. The summed E-state index contributed by atoms with van der Waals surface area (Å²) in [6.45, 7) is 4.93. The molecule has 1 unspecified atom stereocenters. The Hall–Kier alpha value is -1.75. The van der Waals surface area contributed by atoms with Gasteiger partial charge in [-0.15, -0.1) is 0 Å². The SMILES string of the molecule is CCOc1cc2c(cc1CNCC(=O)O)OC(C)C2. The Labute approximate surface area is 112 Å². The minimum atomic E-state index is -0.871. The van der Waals surface area contributed by atoms with Crippen LogP contribution in [0.4, 0.5) is 0 Å². The van der Waals surface area contributed by atoms with Gasteiger partial charge in [0.15, 0.2) is 0 Å². The molecule has 1 aliphatic rings. The van der Waals surface area contributed by atoms with E-state index in [9.17, 15) is 4.79 Å². The lowest BCUT2D eigenvalue weighted by atomic mass is 10.1. The van der Waals surface area contributed by atoms with Crippen molar-refractivity contribution in [1.82, 2.24) is 5.32 Å². The van der Waals surface area contributed by atoms with Crippen molar-refractivity contribution < 1.29 is 19.4 Å². The summed E-state index contributed by atoms with van der Waals surface area (Å²) >= 11 is 0. The smallest absolute Gasteiger partial charge is 0.317 e. The van der Waals surface area contributed by atoms with Crippen LogP contribution >= 0.6 is 0 Å². The minimum absolute atomic E-state index is 0.0695. The third-order valence-corrected chi connectivity index (χ3v) is 2.97. The number of rotatable bonds is 6. The van der Waals surface area contributed by atoms with Crippen LogP contribution in [-0.2, 0) is 17.8 Å². The van der Waals surface area contributed by atoms with Gasteiger partial charge in [-0.3, -0.25) is 4.79 Å². The molecule has 0 amide bonds. The zero-order valence-corrected chi connectivity index (χ0v) is 11.2. The first kappa shape index (κ1) is 13.7. The van der Waals surface area contributed by atoms with Crippen LogP contribution in [0.15, 0.2) is 12.1 Å². The molecule has 0 radical (unpaired) electrons. The fourth-order valence-corrected chi connectivity index (χ4v) is 2.21. The van der Waals surface area contributed by atoms with E-state index in [-0.39, 0.29) is 12.6 Å². The summed E-state index contributed by atoms with van der Waals surface area (Å²) < 4.78 is 11.3. The molecule has 0 saturated heterocycles. The average molecular weight is 265 g/mol. The van der Waals surface area contributed by atoms with E-state index in [2.05, 4.69) is 5.32 Å². The lowest BCUT2D eigenvalue weighted by Gasteiger charge is -2.12. The van der Waals surface area contributed by atoms with Crippen LogP contribution in [0, 0.1) is 0 Å². The molecule has 1 aromatic carbocycles. The third-order valence-electron chi connectivity index (χ3n) is 2.97. The molecule has 2 rings (SSSR count). The predicted molar refractivity (Wildman–Crippen MR) is 70.7 cm³/mol. The first-order valence-corrected chi connectivity index (χ1v) is 6.48. The number of carbonyl (C=O) groups is 1. The molecule has 1 heterocycles. The van der Waals surface area contributed by atoms with Crippen molar-refractivity contribution in [3.8, 4) is 11.5 Å². The van der Waals surface area contributed by atoms with Gasteiger partial charge in [-0.2, -0.15) is 0 Å². The van der Waals surface area contributed by atoms with E-state index in [1.807, 2.05) is 26.0 Å². The Morgan fingerprint density at radius 3 is 3.05 bits per heavy atom. The first-order valence-electron chi connectivity index (χ1n) is 6.48. The topological polar surface area (TPSA) is 67.8 Å². The van der Waals surface area contributed by atoms with E-state index in [0.29, 0.717) is 13.2 Å². The zero-order chi connectivity index (χ0) is 13.8. The van der Waals surface area contributed by atoms with Crippen LogP contribution in [0.2, 0.25) is 0 Å². The second-order valence-corrected chi connectivity index (χ2v) is 4.63. The van der Waals surface area contributed by atoms with E-state index in [4.69, 9.17) is 14.6 Å². The normalized spacial score (nSPS) is 16.8. The molecule has 0 aliphatic carbocycles. The van der Waals surface area contributed by atoms with Crippen LogP contribution in [0.25, 0.3) is 0 Å². The number of hydrogen-bond donors (Lipinski definition) is 2. The maximum atomic E-state index is 10.5. The molecule has 0 saturated carbocycles. The Kier molecular flexibility index (Phi) is 4.27. The molecule has 2 N–H and O–H groups in total. The van der Waals surface area contributed by atoms with Crippen molar-refractivity contribution in [1.29, 1.82) is 0 Å². The number of aliphatic carboxylic acids is 1. The number of benzene rings is 1. The quantitative estimate of drug-likeness (QED) is 0.817. The molecular weight excluding hydrogens is 246 g/mol. The van der Waals surface area contributed by atoms with Crippen molar-refractivity contribution >= 4 is 5.97 Å². The van der Waals surface area contributed by atoms with Gasteiger partial charge >= 0.3 is 5.97 Å². The maximum Gasteiger partial charge on any atom is 0.317 e. The number of ether oxygens (including phenoxy) is 2. The molecule has 0 spiro atoms. The second-order valence-electron chi connectivity index (χ2n) is 4.63. The van der Waals surface area contributed by atoms with Crippen LogP contribution in [-0.4, -0.2) is 30.3 Å². The zero-order valence-electron chi connectivity index (χ0n) is 11.2. The molecule has 5 heteroatoms. The average Bonchev–Trinajstić information content (AvgIpc) is 2.68. The second kappa shape index (κ2) is 5.93. The van der Waals surface area contributed by atoms with E-state index >= 15 is 0 Å². The lowest BCUT2D eigenvalue weighted by molar-refractivity contribution is -0.136. The highest BCUT2D eigenvalue weighted by Gasteiger charge is 2.21. The fourth-order valence-electron chi connectivity index (χ4n) is 2.21. The number of carboxylic acid groups (broad SMARTS) is 1. The fraction of sp³-hybridized carbons (Fsp3) is 0.500. The van der Waals surface area contributed by atoms with Gasteiger partial charge in [0.25, 0.3) is 0 Å². The van der Waals surface area contributed by atoms with Gasteiger partial charge in [0, 0.05) is 24.1 Å². The van der Waals surface area contributed by atoms with E-state index in [1.54, 1.807) is 0 Å². The Bertz CT molecular complexity index is 473. The summed E-state index contributed by atoms with van der Waals surface area (Å²) in [5, 5.41) is 11.5. The highest BCUT2D eigenvalue weighted by molar-refractivity contribution is 5.69. The van der Waals surface area contributed by atoms with Gasteiger partial charge in [-0.05, 0) is 26.0 Å². The Morgan fingerprint density at radius 2 is 2.37 bits per heavy atom. The predicted octanol–water partition coefficient (Wildman–Crippen LogP) is 1.58. The Balaban J connectivity index is 2.15. The molecule has 0 fully saturated rings. The largest absolute Gasteiger partial charge is 0.494 e. The summed E-state index contributed by atoms with van der Waals surface area (Å²) in [5.74, 6) is 0.809. The standard InChI is InChI=1S/C14H19NO4/c1-3-18-12-5-10-4-9(2)19-13(10)6-11(12)7-15-8-14(16)17/h5-6,9,15H,3-4,7-8H2,1-2H3,(H,16,17). The van der Waals surface area contributed by atoms with Crippen molar-refractivity contribution in [2.45, 2.75) is 32.9 Å². The molecule has 1 aromatic rings. The van der Waals surface area contributed by atoms with Crippen molar-refractivity contribution in [3.63, 3.8) is 0 Å². The summed E-state index contributed by atoms with van der Waals surface area (Å²) in [5.41, 5.74) is 2.08. The molecule has 1 atom stereocenters. The third kappa shape index (κ3) is 3.38. The van der Waals surface area contributed by atoms with Crippen molar-refractivity contribution in [2.24, 2.45) is 0 Å². The van der Waals surface area contributed by atoms with Gasteiger partial charge in [0.05, 0.1) is 13.2 Å². The maximum absolute atomic E-state index is 10.5. The molecular formula is C14H19NO4. The highest BCUT2D eigenvalue weighted by atomic mass is 16.5. The highest BCUT2D eigenvalue weighted by Crippen LogP contribution is 2.35. The lowest BCUT2D eigenvalue weighted by Crippen LogP contribution is -2.22. The molecule has 0 aromatic heterocycles. The summed E-state index contributed by atoms with van der Waals surface area (Å²) in [6, 6.07) is 3.94. The molecule has 1 aliphatic heterocycles. The number of hydrogen-bond acceptors (Lipinski definition) is 4. The number of carboxylic acids is 1. The first-order chi connectivity index (χ1) is 9.10. The van der Waals surface area contributed by atoms with Gasteiger partial charge < -0.3 is 19.9 Å². The van der Waals surface area contributed by atoms with Crippen LogP contribution in [0.5, 0.6) is 11.5 Å². The summed E-state index contributed by atoms with van der Waals surface area (Å²) in [4.78, 5) is 10.5. The van der Waals surface area contributed by atoms with Crippen LogP contribution < -0.4 is 14.8 Å². The number of fused-ring (bicyclic) bond motifs is 1. The van der Waals surface area contributed by atoms with E-state index < -0.39 is 5.97 Å². The Morgan fingerprint density at radius 1 is 1.58 bits per heavy atom. The van der Waals surface area contributed by atoms with Crippen molar-refractivity contribution in [2.75, 3.05) is 13.2 Å². The van der Waals surface area contributed by atoms with Gasteiger partial charge in [0.1, 0.15) is 17.6 Å². The molecule has 0 bridgehead atoms. The van der Waals surface area contributed by atoms with E-state index in [1.165, 1.54) is 0 Å². The molecule has 104 valence electrons. The minimum Gasteiger partial charge on any atom is -0.494 e. The molecule has 5 nitrogen and oxygen atoms in total. The van der Waals surface area contributed by atoms with Gasteiger partial charge in [-0.25, -0.2) is 0 Å². The summed E-state index contributed by atoms with van der Waals surface area (Å²) in [6.07, 6.45) is 1.07. The van der Waals surface area contributed by atoms with Gasteiger partial charge in [-0.1, -0.05) is 0 Å². The van der Waals surface area contributed by atoms with Crippen LogP contribution in [0.3, 0.4) is 0 Å². The van der Waals surface area contributed by atoms with Gasteiger partial charge in [0.2, 0.25) is 0 Å². The molecule has 19 heavy (non-hydrogen) atoms. The monoisotopic (exact) mass is 265 g/mol. The summed E-state index contributed by atoms with van der Waals surface area (Å²) in [7, 11) is 0. The van der Waals surface area contributed by atoms with Crippen molar-refractivity contribution in [3.05, 3.63) is 23.3 Å². The van der Waals surface area contributed by atoms with E-state index in [0.717, 1.165) is 29.0 Å².